The molecule has 0 spiro atoms. The van der Waals surface area contributed by atoms with Crippen LogP contribution in [0.15, 0.2) is 6.07 Å². The zero-order chi connectivity index (χ0) is 20.5. The average molecular weight is 398 g/mol. The Balaban J connectivity index is 1.60. The molecule has 2 aliphatic heterocycles. The summed E-state index contributed by atoms with van der Waals surface area (Å²) < 4.78 is 45.0. The highest BCUT2D eigenvalue weighted by atomic mass is 19.4. The number of carbonyl (C=O) groups is 1. The van der Waals surface area contributed by atoms with Crippen LogP contribution in [-0.4, -0.2) is 48.7 Å². The lowest BCUT2D eigenvalue weighted by Crippen LogP contribution is -2.47. The molecule has 154 valence electrons. The molecule has 9 heteroatoms. The molecule has 0 radical (unpaired) electrons. The van der Waals surface area contributed by atoms with Gasteiger partial charge in [0.1, 0.15) is 5.82 Å². The number of aromatic nitrogens is 2. The highest BCUT2D eigenvalue weighted by Gasteiger charge is 2.75. The van der Waals surface area contributed by atoms with E-state index in [1.165, 1.54) is 7.11 Å². The van der Waals surface area contributed by atoms with Gasteiger partial charge in [0.25, 0.3) is 0 Å². The quantitative estimate of drug-likeness (QED) is 0.727. The summed E-state index contributed by atoms with van der Waals surface area (Å²) in [4.78, 5) is 23.6. The van der Waals surface area contributed by atoms with Gasteiger partial charge in [-0.2, -0.15) is 18.2 Å². The van der Waals surface area contributed by atoms with Crippen LogP contribution in [0, 0.1) is 16.7 Å². The third-order valence-corrected chi connectivity index (χ3v) is 7.29. The Hall–Kier alpha value is -2.06. The third-order valence-electron chi connectivity index (χ3n) is 7.29. The molecular weight excluding hydrogens is 373 g/mol. The van der Waals surface area contributed by atoms with Crippen molar-refractivity contribution in [2.45, 2.75) is 45.8 Å². The summed E-state index contributed by atoms with van der Waals surface area (Å²) in [6.45, 7) is 7.93. The van der Waals surface area contributed by atoms with Crippen LogP contribution in [-0.2, 0) is 15.7 Å². The van der Waals surface area contributed by atoms with E-state index in [9.17, 15) is 18.0 Å². The normalized spacial score (nSPS) is 34.1. The molecular formula is C19H25F3N4O2. The van der Waals surface area contributed by atoms with Crippen molar-refractivity contribution in [3.05, 3.63) is 11.8 Å². The van der Waals surface area contributed by atoms with E-state index in [0.29, 0.717) is 31.9 Å². The van der Waals surface area contributed by atoms with Gasteiger partial charge < -0.3 is 14.5 Å². The molecule has 3 fully saturated rings. The highest BCUT2D eigenvalue weighted by Crippen LogP contribution is 2.74. The first-order valence-electron chi connectivity index (χ1n) is 9.54. The first kappa shape index (κ1) is 19.3. The summed E-state index contributed by atoms with van der Waals surface area (Å²) >= 11 is 0. The van der Waals surface area contributed by atoms with Crippen LogP contribution in [0.5, 0.6) is 0 Å². The van der Waals surface area contributed by atoms with Gasteiger partial charge >= 0.3 is 12.1 Å². The number of hydrogen-bond acceptors (Lipinski definition) is 6. The predicted molar refractivity (Wildman–Crippen MR) is 97.0 cm³/mol. The second-order valence-corrected chi connectivity index (χ2v) is 8.76. The number of anilines is 2. The predicted octanol–water partition coefficient (Wildman–Crippen LogP) is 3.12. The maximum absolute atomic E-state index is 13.4. The summed E-state index contributed by atoms with van der Waals surface area (Å²) in [6, 6.07) is 1.18. The first-order valence-corrected chi connectivity index (χ1v) is 9.54. The summed E-state index contributed by atoms with van der Waals surface area (Å²) in [7, 11) is 1.37. The molecule has 4 atom stereocenters. The fraction of sp³-hybridized carbons (Fsp3) is 0.737. The van der Waals surface area contributed by atoms with E-state index in [0.717, 1.165) is 12.5 Å². The van der Waals surface area contributed by atoms with Crippen LogP contribution in [0.25, 0.3) is 0 Å². The van der Waals surface area contributed by atoms with Crippen LogP contribution >= 0.6 is 0 Å². The van der Waals surface area contributed by atoms with E-state index in [1.54, 1.807) is 4.90 Å². The Morgan fingerprint density at radius 3 is 2.39 bits per heavy atom. The van der Waals surface area contributed by atoms with Crippen LogP contribution in [0.4, 0.5) is 24.9 Å². The molecule has 2 saturated heterocycles. The Bertz CT molecular complexity index is 799. The summed E-state index contributed by atoms with van der Waals surface area (Å²) in [5.41, 5.74) is -1.20. The van der Waals surface area contributed by atoms with Gasteiger partial charge in [-0.1, -0.05) is 13.8 Å². The van der Waals surface area contributed by atoms with E-state index in [-0.39, 0.29) is 34.7 Å². The molecule has 1 aromatic heterocycles. The molecule has 0 amide bonds. The minimum Gasteiger partial charge on any atom is -0.469 e. The van der Waals surface area contributed by atoms with Crippen LogP contribution in [0.2, 0.25) is 0 Å². The number of ether oxygens (including phenoxy) is 1. The molecule has 3 heterocycles. The van der Waals surface area contributed by atoms with Crippen molar-refractivity contribution in [3.63, 3.8) is 0 Å². The van der Waals surface area contributed by atoms with Crippen LogP contribution in [0.1, 0.15) is 39.3 Å². The van der Waals surface area contributed by atoms with Crippen molar-refractivity contribution in [2.75, 3.05) is 36.5 Å². The van der Waals surface area contributed by atoms with E-state index in [1.807, 2.05) is 11.8 Å². The molecule has 4 rings (SSSR count). The molecule has 3 aliphatic rings. The maximum Gasteiger partial charge on any atom is 0.433 e. The standard InChI is InChI=1S/C19H25F3N4O2/c1-11-5-6-26(11)16-23-13(19(20,21)22)8-14(24-16)25-9-17(2)12(7-15(27)28-4)18(17,3)10-25/h8,11-12H,5-7,9-10H2,1-4H3/t11-,12?,17-,18+/m0/s1. The number of methoxy groups -OCH3 is 1. The summed E-state index contributed by atoms with van der Waals surface area (Å²) in [5, 5.41) is 0. The molecule has 6 nitrogen and oxygen atoms in total. The lowest BCUT2D eigenvalue weighted by atomic mass is 10.0. The number of rotatable bonds is 4. The summed E-state index contributed by atoms with van der Waals surface area (Å²) in [5.74, 6) is 0.375. The number of esters is 1. The van der Waals surface area contributed by atoms with Crippen molar-refractivity contribution in [1.29, 1.82) is 0 Å². The van der Waals surface area contributed by atoms with E-state index in [2.05, 4.69) is 23.8 Å². The Kier molecular flexibility index (Phi) is 4.11. The number of nitrogens with zero attached hydrogens (tertiary/aromatic N) is 4. The Morgan fingerprint density at radius 2 is 1.93 bits per heavy atom. The van der Waals surface area contributed by atoms with Crippen LogP contribution in [0.3, 0.4) is 0 Å². The minimum absolute atomic E-state index is 0.141. The van der Waals surface area contributed by atoms with Gasteiger partial charge in [-0.25, -0.2) is 4.98 Å². The zero-order valence-electron chi connectivity index (χ0n) is 16.5. The topological polar surface area (TPSA) is 58.6 Å². The van der Waals surface area contributed by atoms with E-state index >= 15 is 0 Å². The van der Waals surface area contributed by atoms with E-state index in [4.69, 9.17) is 4.74 Å². The van der Waals surface area contributed by atoms with Crippen molar-refractivity contribution >= 4 is 17.7 Å². The minimum atomic E-state index is -4.52. The van der Waals surface area contributed by atoms with Crippen molar-refractivity contribution in [3.8, 4) is 0 Å². The summed E-state index contributed by atoms with van der Waals surface area (Å²) in [6.07, 6.45) is -3.26. The smallest absolute Gasteiger partial charge is 0.433 e. The third kappa shape index (κ3) is 2.73. The fourth-order valence-electron chi connectivity index (χ4n) is 5.04. The number of alkyl halides is 3. The number of fused-ring (bicyclic) bond motifs is 1. The van der Waals surface area contributed by atoms with Gasteiger partial charge in [0.05, 0.1) is 7.11 Å². The van der Waals surface area contributed by atoms with Crippen molar-refractivity contribution < 1.29 is 22.7 Å². The average Bonchev–Trinajstić information content (AvgIpc) is 2.89. The van der Waals surface area contributed by atoms with Crippen molar-refractivity contribution in [1.82, 2.24) is 9.97 Å². The molecule has 1 aliphatic carbocycles. The highest BCUT2D eigenvalue weighted by molar-refractivity contribution is 5.71. The van der Waals surface area contributed by atoms with E-state index < -0.39 is 11.9 Å². The molecule has 0 aromatic carbocycles. The monoisotopic (exact) mass is 398 g/mol. The SMILES string of the molecule is COC(=O)CC1[C@]2(C)CN(c3cc(C(F)(F)F)nc(N4CC[C@@H]4C)n3)C[C@]12C. The molecule has 1 unspecified atom stereocenters. The Labute approximate surface area is 162 Å². The lowest BCUT2D eigenvalue weighted by molar-refractivity contribution is -0.142. The largest absolute Gasteiger partial charge is 0.469 e. The molecule has 0 N–H and O–H groups in total. The first-order chi connectivity index (χ1) is 13.0. The van der Waals surface area contributed by atoms with Crippen LogP contribution < -0.4 is 9.80 Å². The number of hydrogen-bond donors (Lipinski definition) is 0. The second kappa shape index (κ2) is 5.97. The number of piperidine rings is 1. The Morgan fingerprint density at radius 1 is 1.29 bits per heavy atom. The molecule has 1 aromatic rings. The van der Waals surface area contributed by atoms with Gasteiger partial charge in [-0.05, 0) is 30.1 Å². The molecule has 1 saturated carbocycles. The van der Waals surface area contributed by atoms with Gasteiger partial charge in [0, 0.05) is 38.2 Å². The second-order valence-electron chi connectivity index (χ2n) is 8.76. The molecule has 28 heavy (non-hydrogen) atoms. The van der Waals surface area contributed by atoms with Gasteiger partial charge in [-0.3, -0.25) is 4.79 Å². The maximum atomic E-state index is 13.4. The zero-order valence-corrected chi connectivity index (χ0v) is 16.5. The number of carbonyl (C=O) groups excluding carboxylic acids is 1. The van der Waals surface area contributed by atoms with Gasteiger partial charge in [0.2, 0.25) is 5.95 Å². The molecule has 0 bridgehead atoms. The fourth-order valence-corrected chi connectivity index (χ4v) is 5.04. The van der Waals surface area contributed by atoms with Gasteiger partial charge in [0.15, 0.2) is 5.69 Å². The lowest BCUT2D eigenvalue weighted by Gasteiger charge is -2.39. The van der Waals surface area contributed by atoms with Gasteiger partial charge in [-0.15, -0.1) is 0 Å². The van der Waals surface area contributed by atoms with Crippen molar-refractivity contribution in [2.24, 2.45) is 16.7 Å². The number of halogens is 3.